The van der Waals surface area contributed by atoms with Gasteiger partial charge in [-0.3, -0.25) is 0 Å². The Morgan fingerprint density at radius 2 is 1.68 bits per heavy atom. The van der Waals surface area contributed by atoms with E-state index in [0.29, 0.717) is 6.04 Å². The first kappa shape index (κ1) is 22.5. The lowest BCUT2D eigenvalue weighted by atomic mass is 10.2. The Bertz CT molecular complexity index is 538. The highest BCUT2D eigenvalue weighted by Gasteiger charge is 2.39. The van der Waals surface area contributed by atoms with E-state index in [1.165, 1.54) is 0 Å². The Hall–Kier alpha value is -0.509. The van der Waals surface area contributed by atoms with E-state index in [2.05, 4.69) is 69.1 Å². The molecule has 0 spiro atoms. The van der Waals surface area contributed by atoms with Gasteiger partial charge in [0.1, 0.15) is 16.5 Å². The van der Waals surface area contributed by atoms with Crippen molar-refractivity contribution < 1.29 is 8.85 Å². The zero-order valence-electron chi connectivity index (χ0n) is 17.3. The summed E-state index contributed by atoms with van der Waals surface area (Å²) in [5, 5.41) is 1.15. The van der Waals surface area contributed by atoms with Crippen molar-refractivity contribution in [1.82, 2.24) is 4.23 Å². The molecule has 0 fully saturated rings. The number of hydrogen-bond acceptors (Lipinski definition) is 3. The number of rotatable bonds is 10. The molecule has 0 aromatic heterocycles. The molecule has 0 saturated carbocycles. The summed E-state index contributed by atoms with van der Waals surface area (Å²) in [6, 6.07) is 8.71. The Balaban J connectivity index is 2.98. The summed E-state index contributed by atoms with van der Waals surface area (Å²) in [6.07, 6.45) is 2.99. The van der Waals surface area contributed by atoms with Gasteiger partial charge in [0.05, 0.1) is 6.61 Å². The van der Waals surface area contributed by atoms with Crippen LogP contribution in [0.2, 0.25) is 39.3 Å². The molecule has 1 unspecified atom stereocenters. The molecular formula is C19H36NO2Si3. The number of hydrogen-bond donors (Lipinski definition) is 0. The third-order valence-electron chi connectivity index (χ3n) is 4.27. The molecule has 1 atom stereocenters. The first-order chi connectivity index (χ1) is 11.6. The Morgan fingerprint density at radius 3 is 2.12 bits per heavy atom. The largest absolute Gasteiger partial charge is 0.424 e. The molecule has 3 nitrogen and oxygen atoms in total. The van der Waals surface area contributed by atoms with Crippen LogP contribution in [0.25, 0.3) is 6.08 Å². The average molecular weight is 395 g/mol. The summed E-state index contributed by atoms with van der Waals surface area (Å²) in [5.41, 5.74) is 1.11. The Labute approximate surface area is 159 Å². The fourth-order valence-corrected chi connectivity index (χ4v) is 16.0. The lowest BCUT2D eigenvalue weighted by Crippen LogP contribution is -2.64. The molecule has 0 bridgehead atoms. The van der Waals surface area contributed by atoms with Crippen LogP contribution in [0, 0.1) is 0 Å². The predicted octanol–water partition coefficient (Wildman–Crippen LogP) is 4.44. The van der Waals surface area contributed by atoms with Gasteiger partial charge in [-0.05, 0) is 12.0 Å². The van der Waals surface area contributed by atoms with E-state index < -0.39 is 25.8 Å². The molecule has 1 aromatic carbocycles. The maximum atomic E-state index is 6.38. The van der Waals surface area contributed by atoms with Gasteiger partial charge in [-0.15, -0.1) is 0 Å². The zero-order chi connectivity index (χ0) is 19.3. The predicted molar refractivity (Wildman–Crippen MR) is 117 cm³/mol. The second-order valence-corrected chi connectivity index (χ2v) is 20.3. The van der Waals surface area contributed by atoms with Crippen LogP contribution in [0.3, 0.4) is 0 Å². The highest BCUT2D eigenvalue weighted by molar-refractivity contribution is 6.89. The SMILES string of the molecule is C=Cc1ccccc1[Si](OC)OCC(CC)N([Si](C)(C)C)[Si](C)(C)C. The molecule has 1 radical (unpaired) electrons. The van der Waals surface area contributed by atoms with Crippen LogP contribution in [0.1, 0.15) is 18.9 Å². The first-order valence-corrected chi connectivity index (χ1v) is 17.3. The molecular weight excluding hydrogens is 358 g/mol. The molecule has 0 aliphatic heterocycles. The van der Waals surface area contributed by atoms with Gasteiger partial charge in [0.15, 0.2) is 0 Å². The van der Waals surface area contributed by atoms with Crippen LogP contribution in [0.15, 0.2) is 30.8 Å². The molecule has 0 amide bonds. The van der Waals surface area contributed by atoms with Crippen molar-refractivity contribution in [2.45, 2.75) is 58.7 Å². The molecule has 6 heteroatoms. The van der Waals surface area contributed by atoms with Crippen molar-refractivity contribution in [3.63, 3.8) is 0 Å². The van der Waals surface area contributed by atoms with Gasteiger partial charge in [-0.1, -0.05) is 83.1 Å². The van der Waals surface area contributed by atoms with Gasteiger partial charge in [-0.25, -0.2) is 0 Å². The van der Waals surface area contributed by atoms with Gasteiger partial charge in [-0.2, -0.15) is 0 Å². The second kappa shape index (κ2) is 9.43. The minimum absolute atomic E-state index is 0.462. The van der Waals surface area contributed by atoms with Crippen molar-refractivity contribution >= 4 is 37.0 Å². The third kappa shape index (κ3) is 6.30. The third-order valence-corrected chi connectivity index (χ3v) is 13.6. The molecule has 25 heavy (non-hydrogen) atoms. The van der Waals surface area contributed by atoms with E-state index in [1.54, 1.807) is 7.11 Å². The van der Waals surface area contributed by atoms with Gasteiger partial charge in [0.2, 0.25) is 0 Å². The van der Waals surface area contributed by atoms with Gasteiger partial charge in [0.25, 0.3) is 0 Å². The summed E-state index contributed by atoms with van der Waals surface area (Å²) < 4.78 is 15.0. The van der Waals surface area contributed by atoms with Crippen molar-refractivity contribution in [3.05, 3.63) is 36.4 Å². The fourth-order valence-electron chi connectivity index (χ4n) is 3.76. The Kier molecular flexibility index (Phi) is 8.50. The van der Waals surface area contributed by atoms with Gasteiger partial charge < -0.3 is 13.1 Å². The van der Waals surface area contributed by atoms with E-state index >= 15 is 0 Å². The van der Waals surface area contributed by atoms with Crippen LogP contribution in [0.4, 0.5) is 0 Å². The number of nitrogens with zero attached hydrogens (tertiary/aromatic N) is 1. The normalized spacial score (nSPS) is 14.2. The highest BCUT2D eigenvalue weighted by atomic mass is 28.4. The second-order valence-electron chi connectivity index (χ2n) is 8.37. The van der Waals surface area contributed by atoms with Crippen LogP contribution in [0.5, 0.6) is 0 Å². The van der Waals surface area contributed by atoms with E-state index in [-0.39, 0.29) is 0 Å². The van der Waals surface area contributed by atoms with Crippen molar-refractivity contribution in [3.8, 4) is 0 Å². The van der Waals surface area contributed by atoms with Crippen molar-refractivity contribution in [2.75, 3.05) is 13.7 Å². The van der Waals surface area contributed by atoms with Crippen LogP contribution in [-0.2, 0) is 8.85 Å². The summed E-state index contributed by atoms with van der Waals surface area (Å²) in [6.45, 7) is 21.6. The lowest BCUT2D eigenvalue weighted by Gasteiger charge is -2.48. The topological polar surface area (TPSA) is 21.7 Å². The van der Waals surface area contributed by atoms with E-state index in [4.69, 9.17) is 8.85 Å². The molecule has 1 rings (SSSR count). The van der Waals surface area contributed by atoms with Crippen molar-refractivity contribution in [1.29, 1.82) is 0 Å². The van der Waals surface area contributed by atoms with Gasteiger partial charge in [0, 0.05) is 18.3 Å². The van der Waals surface area contributed by atoms with Crippen molar-refractivity contribution in [2.24, 2.45) is 0 Å². The van der Waals surface area contributed by atoms with E-state index in [1.807, 2.05) is 18.2 Å². The van der Waals surface area contributed by atoms with E-state index in [9.17, 15) is 0 Å². The monoisotopic (exact) mass is 394 g/mol. The quantitative estimate of drug-likeness (QED) is 0.548. The molecule has 0 N–H and O–H groups in total. The molecule has 0 aliphatic rings. The molecule has 141 valence electrons. The fraction of sp³-hybridized carbons (Fsp3) is 0.579. The van der Waals surface area contributed by atoms with Gasteiger partial charge >= 0.3 is 9.28 Å². The summed E-state index contributed by atoms with van der Waals surface area (Å²) in [4.78, 5) is 0. The number of benzene rings is 1. The summed E-state index contributed by atoms with van der Waals surface area (Å²) >= 11 is 0. The summed E-state index contributed by atoms with van der Waals surface area (Å²) in [5.74, 6) is 0. The summed E-state index contributed by atoms with van der Waals surface area (Å²) in [7, 11) is -2.58. The standard InChI is InChI=1S/C19H36NO2Si3/c1-10-17-14-12-13-15-19(17)23(21-3)22-16-18(11-2)20(24(4,5)6)25(7,8)9/h10,12-15,18H,1,11,16H2,2-9H3. The minimum Gasteiger partial charge on any atom is -0.393 e. The minimum atomic E-state index is -1.50. The van der Waals surface area contributed by atoms with E-state index in [0.717, 1.165) is 23.8 Å². The maximum Gasteiger partial charge on any atom is 0.424 e. The smallest absolute Gasteiger partial charge is 0.393 e. The molecule has 1 aromatic rings. The highest BCUT2D eigenvalue weighted by Crippen LogP contribution is 2.25. The van der Waals surface area contributed by atoms with Crippen LogP contribution < -0.4 is 5.19 Å². The van der Waals surface area contributed by atoms with Crippen LogP contribution in [-0.4, -0.2) is 49.7 Å². The molecule has 0 heterocycles. The van der Waals surface area contributed by atoms with Crippen LogP contribution >= 0.6 is 0 Å². The lowest BCUT2D eigenvalue weighted by molar-refractivity contribution is 0.193. The molecule has 0 aliphatic carbocycles. The molecule has 0 saturated heterocycles. The first-order valence-electron chi connectivity index (χ1n) is 9.11. The zero-order valence-corrected chi connectivity index (χ0v) is 20.3. The Morgan fingerprint density at radius 1 is 1.12 bits per heavy atom. The maximum absolute atomic E-state index is 6.38. The average Bonchev–Trinajstić information content (AvgIpc) is 2.51.